The van der Waals surface area contributed by atoms with Gasteiger partial charge in [0.1, 0.15) is 5.58 Å². The first-order valence-electron chi connectivity index (χ1n) is 10.3. The number of ketones is 1. The van der Waals surface area contributed by atoms with Crippen molar-refractivity contribution in [3.05, 3.63) is 88.4 Å². The summed E-state index contributed by atoms with van der Waals surface area (Å²) < 4.78 is 5.93. The number of benzene rings is 2. The van der Waals surface area contributed by atoms with Crippen LogP contribution in [0, 0.1) is 6.07 Å². The van der Waals surface area contributed by atoms with Crippen LogP contribution in [0.3, 0.4) is 0 Å². The number of aromatic nitrogens is 1. The number of aliphatic hydroxyl groups excluding tert-OH is 1. The van der Waals surface area contributed by atoms with Crippen molar-refractivity contribution in [3.8, 4) is 11.3 Å². The number of carbonyl (C=O) groups is 1. The second kappa shape index (κ2) is 10.7. The van der Waals surface area contributed by atoms with Gasteiger partial charge in [-0.1, -0.05) is 39.0 Å². The van der Waals surface area contributed by atoms with E-state index < -0.39 is 0 Å². The van der Waals surface area contributed by atoms with Crippen molar-refractivity contribution in [1.82, 2.24) is 4.98 Å². The van der Waals surface area contributed by atoms with Crippen LogP contribution in [-0.4, -0.2) is 15.9 Å². The van der Waals surface area contributed by atoms with Gasteiger partial charge < -0.3 is 14.5 Å². The zero-order valence-corrected chi connectivity index (χ0v) is 21.5. The molecule has 0 saturated carbocycles. The third-order valence-electron chi connectivity index (χ3n) is 4.82. The van der Waals surface area contributed by atoms with E-state index >= 15 is 0 Å². The minimum Gasteiger partial charge on any atom is -0.512 e. The number of hydrogen-bond donors (Lipinski definition) is 1. The largest absolute Gasteiger partial charge is 0.512 e. The molecule has 2 heterocycles. The third-order valence-corrected chi connectivity index (χ3v) is 4.82. The first-order valence-corrected chi connectivity index (χ1v) is 10.3. The number of hydrogen-bond acceptors (Lipinski definition) is 5. The van der Waals surface area contributed by atoms with Crippen LogP contribution in [0.5, 0.6) is 0 Å². The van der Waals surface area contributed by atoms with Gasteiger partial charge in [0.2, 0.25) is 0 Å². The molecular formula is C27H26NO4Pt-. The summed E-state index contributed by atoms with van der Waals surface area (Å²) in [6, 6.07) is 18.2. The average Bonchev–Trinajstić information content (AvgIpc) is 2.73. The van der Waals surface area contributed by atoms with Crippen LogP contribution in [0.25, 0.3) is 33.2 Å². The molecule has 4 rings (SSSR count). The minimum absolute atomic E-state index is 0. The Morgan fingerprint density at radius 2 is 1.76 bits per heavy atom. The predicted molar refractivity (Wildman–Crippen MR) is 128 cm³/mol. The van der Waals surface area contributed by atoms with Gasteiger partial charge in [0, 0.05) is 33.3 Å². The number of rotatable bonds is 2. The Morgan fingerprint density at radius 3 is 2.30 bits per heavy atom. The summed E-state index contributed by atoms with van der Waals surface area (Å²) in [6.45, 7) is 9.24. The van der Waals surface area contributed by atoms with Crippen molar-refractivity contribution >= 4 is 27.7 Å². The molecule has 0 bridgehead atoms. The SMILES string of the molecule is CC(=O)C=C(C)O.CC(C)(C)c1ccc2oc3c[c-]c(-c4ccccn4)cc3c(=O)c2c1.[Pt]. The fourth-order valence-corrected chi connectivity index (χ4v) is 3.23. The zero-order chi connectivity index (χ0) is 23.5. The average molecular weight is 624 g/mol. The zero-order valence-electron chi connectivity index (χ0n) is 19.2. The molecule has 2 aromatic heterocycles. The van der Waals surface area contributed by atoms with Crippen LogP contribution in [0.1, 0.15) is 40.2 Å². The molecule has 0 atom stereocenters. The van der Waals surface area contributed by atoms with E-state index in [2.05, 4.69) is 31.8 Å². The number of pyridine rings is 1. The van der Waals surface area contributed by atoms with E-state index in [4.69, 9.17) is 9.52 Å². The first kappa shape index (κ1) is 26.2. The molecule has 0 unspecified atom stereocenters. The van der Waals surface area contributed by atoms with E-state index in [-0.39, 0.29) is 43.5 Å². The number of aliphatic hydroxyl groups is 1. The van der Waals surface area contributed by atoms with Crippen LogP contribution in [0.15, 0.2) is 75.8 Å². The Kier molecular flexibility index (Phi) is 8.51. The molecule has 33 heavy (non-hydrogen) atoms. The summed E-state index contributed by atoms with van der Waals surface area (Å²) in [5, 5.41) is 9.53. The molecular weight excluding hydrogens is 597 g/mol. The van der Waals surface area contributed by atoms with Crippen LogP contribution in [0.4, 0.5) is 0 Å². The first-order chi connectivity index (χ1) is 15.1. The Balaban J connectivity index is 0.000000423. The van der Waals surface area contributed by atoms with Crippen molar-refractivity contribution in [2.45, 2.75) is 40.0 Å². The van der Waals surface area contributed by atoms with E-state index in [1.165, 1.54) is 19.9 Å². The smallest absolute Gasteiger partial charge is 0.182 e. The van der Waals surface area contributed by atoms with Gasteiger partial charge in [-0.25, -0.2) is 0 Å². The molecule has 0 radical (unpaired) electrons. The molecule has 0 spiro atoms. The summed E-state index contributed by atoms with van der Waals surface area (Å²) in [5.74, 6) is -0.0625. The van der Waals surface area contributed by atoms with E-state index in [1.54, 1.807) is 12.3 Å². The molecule has 174 valence electrons. The Bertz CT molecular complexity index is 1360. The third kappa shape index (κ3) is 6.49. The maximum atomic E-state index is 13.1. The van der Waals surface area contributed by atoms with Crippen molar-refractivity contribution in [1.29, 1.82) is 0 Å². The van der Waals surface area contributed by atoms with Crippen molar-refractivity contribution in [2.75, 3.05) is 0 Å². The van der Waals surface area contributed by atoms with Gasteiger partial charge in [-0.3, -0.25) is 9.59 Å². The standard InChI is InChI=1S/C22H18NO2.C5H8O2.Pt/c1-22(2,3)15-8-10-20-17(13-15)21(24)16-12-14(7-9-19(16)25-20)18-6-4-5-11-23-18;1-4(6)3-5(2)7;/h4-6,8-13H,1-3H3;3,6H,1-2H3;/q-1;;. The summed E-state index contributed by atoms with van der Waals surface area (Å²) in [4.78, 5) is 27.4. The van der Waals surface area contributed by atoms with Crippen LogP contribution >= 0.6 is 0 Å². The molecule has 0 fully saturated rings. The van der Waals surface area contributed by atoms with Gasteiger partial charge in [-0.15, -0.1) is 23.8 Å². The molecule has 1 N–H and O–H groups in total. The minimum atomic E-state index is -0.125. The van der Waals surface area contributed by atoms with Gasteiger partial charge in [-0.2, -0.15) is 0 Å². The maximum Gasteiger partial charge on any atom is 0.182 e. The van der Waals surface area contributed by atoms with Crippen LogP contribution in [-0.2, 0) is 31.3 Å². The Hall–Kier alpha value is -3.04. The summed E-state index contributed by atoms with van der Waals surface area (Å²) in [7, 11) is 0. The number of carbonyl (C=O) groups excluding carboxylic acids is 1. The summed E-state index contributed by atoms with van der Waals surface area (Å²) >= 11 is 0. The second-order valence-electron chi connectivity index (χ2n) is 8.63. The quantitative estimate of drug-likeness (QED) is 0.126. The fraction of sp³-hybridized carbons (Fsp3) is 0.222. The number of allylic oxidation sites excluding steroid dienone is 2. The molecule has 4 aromatic rings. The molecule has 5 nitrogen and oxygen atoms in total. The predicted octanol–water partition coefficient (Wildman–Crippen LogP) is 6.14. The molecule has 6 heteroatoms. The van der Waals surface area contributed by atoms with E-state index in [0.717, 1.165) is 16.8 Å². The van der Waals surface area contributed by atoms with Gasteiger partial charge >= 0.3 is 0 Å². The van der Waals surface area contributed by atoms with E-state index in [1.807, 2.05) is 42.5 Å². The summed E-state index contributed by atoms with van der Waals surface area (Å²) in [6.07, 6.45) is 2.89. The molecule has 0 aliphatic heterocycles. The number of fused-ring (bicyclic) bond motifs is 2. The fourth-order valence-electron chi connectivity index (χ4n) is 3.23. The number of nitrogens with zero attached hydrogens (tertiary/aromatic N) is 1. The Morgan fingerprint density at radius 1 is 1.06 bits per heavy atom. The van der Waals surface area contributed by atoms with Gasteiger partial charge in [0.05, 0.1) is 16.7 Å². The van der Waals surface area contributed by atoms with Crippen molar-refractivity contribution in [2.24, 2.45) is 0 Å². The van der Waals surface area contributed by atoms with E-state index in [9.17, 15) is 9.59 Å². The Labute approximate surface area is 207 Å². The van der Waals surface area contributed by atoms with E-state index in [0.29, 0.717) is 21.9 Å². The van der Waals surface area contributed by atoms with Gasteiger partial charge in [-0.05, 0) is 54.1 Å². The molecule has 0 aliphatic rings. The van der Waals surface area contributed by atoms with Gasteiger partial charge in [0.25, 0.3) is 0 Å². The molecule has 0 amide bonds. The monoisotopic (exact) mass is 623 g/mol. The topological polar surface area (TPSA) is 80.4 Å². The summed E-state index contributed by atoms with van der Waals surface area (Å²) in [5.41, 5.74) is 3.77. The van der Waals surface area contributed by atoms with Crippen LogP contribution in [0.2, 0.25) is 0 Å². The normalized spacial score (nSPS) is 11.5. The van der Waals surface area contributed by atoms with Crippen molar-refractivity contribution < 1.29 is 35.4 Å². The molecule has 0 saturated heterocycles. The second-order valence-corrected chi connectivity index (χ2v) is 8.63. The van der Waals surface area contributed by atoms with Crippen molar-refractivity contribution in [3.63, 3.8) is 0 Å². The van der Waals surface area contributed by atoms with Gasteiger partial charge in [0.15, 0.2) is 11.2 Å². The molecule has 2 aromatic carbocycles. The van der Waals surface area contributed by atoms with Crippen LogP contribution < -0.4 is 5.43 Å². The maximum absolute atomic E-state index is 13.1. The molecule has 0 aliphatic carbocycles.